The van der Waals surface area contributed by atoms with Gasteiger partial charge in [-0.15, -0.1) is 0 Å². The minimum atomic E-state index is -0.0936. The number of likely N-dealkylation sites (tertiary alicyclic amines) is 1. The van der Waals surface area contributed by atoms with E-state index in [4.69, 9.17) is 10.00 Å². The second-order valence-electron chi connectivity index (χ2n) is 8.39. The molecule has 0 unspecified atom stereocenters. The highest BCUT2D eigenvalue weighted by molar-refractivity contribution is 5.31. The maximum Gasteiger partial charge on any atom is 0.0991 e. The second-order valence-corrected chi connectivity index (χ2v) is 8.39. The lowest BCUT2D eigenvalue weighted by atomic mass is 9.81. The van der Waals surface area contributed by atoms with Crippen molar-refractivity contribution < 1.29 is 4.74 Å². The molecular formula is C24H31N3O. The molecule has 2 heterocycles. The highest BCUT2D eigenvalue weighted by Crippen LogP contribution is 2.41. The number of benzene rings is 1. The summed E-state index contributed by atoms with van der Waals surface area (Å²) in [5, 5.41) is 8.99. The largest absolute Gasteiger partial charge is 0.381 e. The predicted octanol–water partition coefficient (Wildman–Crippen LogP) is 4.55. The highest BCUT2D eigenvalue weighted by atomic mass is 16.5. The summed E-state index contributed by atoms with van der Waals surface area (Å²) in [7, 11) is 0. The molecule has 4 nitrogen and oxygen atoms in total. The summed E-state index contributed by atoms with van der Waals surface area (Å²) in [4.78, 5) is 7.18. The van der Waals surface area contributed by atoms with Crippen LogP contribution in [0.4, 0.5) is 0 Å². The Morgan fingerprint density at radius 1 is 1.21 bits per heavy atom. The maximum atomic E-state index is 8.99. The summed E-state index contributed by atoms with van der Waals surface area (Å²) < 4.78 is 5.93. The molecule has 0 saturated carbocycles. The number of ether oxygens (including phenoxy) is 1. The molecule has 4 heteroatoms. The SMILES string of the molecule is CCOC[C@]1(CCc2ccc(C#N)cc2)CCN(C(C)(C)c2ccccn2)C1. The van der Waals surface area contributed by atoms with Gasteiger partial charge in [-0.1, -0.05) is 18.2 Å². The van der Waals surface area contributed by atoms with Crippen LogP contribution in [0.2, 0.25) is 0 Å². The van der Waals surface area contributed by atoms with E-state index in [-0.39, 0.29) is 11.0 Å². The molecule has 0 radical (unpaired) electrons. The second kappa shape index (κ2) is 8.86. The van der Waals surface area contributed by atoms with Crippen LogP contribution >= 0.6 is 0 Å². The van der Waals surface area contributed by atoms with Crippen LogP contribution in [0, 0.1) is 16.7 Å². The first-order valence-corrected chi connectivity index (χ1v) is 10.2. The van der Waals surface area contributed by atoms with Crippen molar-refractivity contribution in [2.24, 2.45) is 5.41 Å². The van der Waals surface area contributed by atoms with Crippen LogP contribution in [-0.4, -0.2) is 36.2 Å². The van der Waals surface area contributed by atoms with E-state index in [2.05, 4.69) is 61.0 Å². The molecule has 1 saturated heterocycles. The van der Waals surface area contributed by atoms with Crippen LogP contribution in [0.15, 0.2) is 48.7 Å². The van der Waals surface area contributed by atoms with Gasteiger partial charge in [0.1, 0.15) is 0 Å². The topological polar surface area (TPSA) is 49.1 Å². The molecule has 2 aromatic rings. The van der Waals surface area contributed by atoms with E-state index in [0.29, 0.717) is 0 Å². The van der Waals surface area contributed by atoms with Gasteiger partial charge in [0.2, 0.25) is 0 Å². The first-order chi connectivity index (χ1) is 13.5. The van der Waals surface area contributed by atoms with E-state index in [1.165, 1.54) is 5.56 Å². The van der Waals surface area contributed by atoms with Gasteiger partial charge < -0.3 is 4.74 Å². The third kappa shape index (κ3) is 4.60. The summed E-state index contributed by atoms with van der Waals surface area (Å²) in [5.41, 5.74) is 3.20. The van der Waals surface area contributed by atoms with Crippen molar-refractivity contribution in [2.75, 3.05) is 26.3 Å². The number of hydrogen-bond donors (Lipinski definition) is 0. The minimum Gasteiger partial charge on any atom is -0.381 e. The average Bonchev–Trinajstić information content (AvgIpc) is 3.17. The molecule has 0 N–H and O–H groups in total. The molecule has 1 atom stereocenters. The molecule has 1 aliphatic heterocycles. The molecule has 3 rings (SSSR count). The quantitative estimate of drug-likeness (QED) is 0.677. The predicted molar refractivity (Wildman–Crippen MR) is 112 cm³/mol. The smallest absolute Gasteiger partial charge is 0.0991 e. The Morgan fingerprint density at radius 2 is 2.00 bits per heavy atom. The molecule has 1 aliphatic rings. The summed E-state index contributed by atoms with van der Waals surface area (Å²) in [6.07, 6.45) is 5.12. The van der Waals surface area contributed by atoms with Gasteiger partial charge in [-0.25, -0.2) is 0 Å². The van der Waals surface area contributed by atoms with E-state index in [1.807, 2.05) is 24.4 Å². The van der Waals surface area contributed by atoms with Crippen molar-refractivity contribution in [1.82, 2.24) is 9.88 Å². The average molecular weight is 378 g/mol. The molecule has 0 aliphatic carbocycles. The van der Waals surface area contributed by atoms with E-state index >= 15 is 0 Å². The molecule has 0 spiro atoms. The molecule has 148 valence electrons. The number of pyridine rings is 1. The van der Waals surface area contributed by atoms with Crippen molar-refractivity contribution in [3.05, 3.63) is 65.5 Å². The Morgan fingerprint density at radius 3 is 2.64 bits per heavy atom. The first kappa shape index (κ1) is 20.5. The lowest BCUT2D eigenvalue weighted by Gasteiger charge is -2.37. The number of aryl methyl sites for hydroxylation is 1. The maximum absolute atomic E-state index is 8.99. The lowest BCUT2D eigenvalue weighted by Crippen LogP contribution is -2.43. The van der Waals surface area contributed by atoms with Gasteiger partial charge in [0.15, 0.2) is 0 Å². The lowest BCUT2D eigenvalue weighted by molar-refractivity contribution is 0.0379. The number of aromatic nitrogens is 1. The van der Waals surface area contributed by atoms with E-state index in [9.17, 15) is 0 Å². The van der Waals surface area contributed by atoms with Crippen LogP contribution in [0.1, 0.15) is 50.4 Å². The number of rotatable bonds is 8. The fraction of sp³-hybridized carbons (Fsp3) is 0.500. The molecule has 1 aromatic heterocycles. The fourth-order valence-corrected chi connectivity index (χ4v) is 4.17. The minimum absolute atomic E-state index is 0.0936. The number of hydrogen-bond acceptors (Lipinski definition) is 4. The first-order valence-electron chi connectivity index (χ1n) is 10.2. The van der Waals surface area contributed by atoms with E-state index in [1.54, 1.807) is 0 Å². The number of nitriles is 1. The molecule has 0 bridgehead atoms. The zero-order valence-corrected chi connectivity index (χ0v) is 17.3. The fourth-order valence-electron chi connectivity index (χ4n) is 4.17. The van der Waals surface area contributed by atoms with Crippen molar-refractivity contribution in [1.29, 1.82) is 5.26 Å². The van der Waals surface area contributed by atoms with Gasteiger partial charge in [-0.2, -0.15) is 5.26 Å². The third-order valence-corrected chi connectivity index (χ3v) is 6.16. The molecular weight excluding hydrogens is 346 g/mol. The summed E-state index contributed by atoms with van der Waals surface area (Å²) >= 11 is 0. The normalized spacial score (nSPS) is 20.2. The van der Waals surface area contributed by atoms with Crippen LogP contribution in [0.25, 0.3) is 0 Å². The highest BCUT2D eigenvalue weighted by Gasteiger charge is 2.43. The van der Waals surface area contributed by atoms with Crippen molar-refractivity contribution >= 4 is 0 Å². The van der Waals surface area contributed by atoms with Gasteiger partial charge in [0.05, 0.1) is 29.5 Å². The number of nitrogens with zero attached hydrogens (tertiary/aromatic N) is 3. The molecule has 1 aromatic carbocycles. The summed E-state index contributed by atoms with van der Waals surface area (Å²) in [6.45, 7) is 10.2. The van der Waals surface area contributed by atoms with Crippen LogP contribution in [0.5, 0.6) is 0 Å². The third-order valence-electron chi connectivity index (χ3n) is 6.16. The van der Waals surface area contributed by atoms with Crippen LogP contribution in [0.3, 0.4) is 0 Å². The van der Waals surface area contributed by atoms with Crippen molar-refractivity contribution in [2.45, 2.75) is 45.6 Å². The monoisotopic (exact) mass is 377 g/mol. The van der Waals surface area contributed by atoms with Gasteiger partial charge in [0, 0.05) is 24.8 Å². The van der Waals surface area contributed by atoms with Crippen molar-refractivity contribution in [3.8, 4) is 6.07 Å². The van der Waals surface area contributed by atoms with Gasteiger partial charge >= 0.3 is 0 Å². The zero-order chi connectivity index (χ0) is 20.0. The van der Waals surface area contributed by atoms with Gasteiger partial charge in [-0.05, 0) is 76.4 Å². The Hall–Kier alpha value is -2.22. The molecule has 1 fully saturated rings. The summed E-state index contributed by atoms with van der Waals surface area (Å²) in [6, 6.07) is 16.3. The van der Waals surface area contributed by atoms with Gasteiger partial charge in [0.25, 0.3) is 0 Å². The Kier molecular flexibility index (Phi) is 6.49. The molecule has 28 heavy (non-hydrogen) atoms. The molecule has 0 amide bonds. The van der Waals surface area contributed by atoms with E-state index in [0.717, 1.165) is 56.8 Å². The summed E-state index contributed by atoms with van der Waals surface area (Å²) in [5.74, 6) is 0. The van der Waals surface area contributed by atoms with E-state index < -0.39 is 0 Å². The van der Waals surface area contributed by atoms with Crippen molar-refractivity contribution in [3.63, 3.8) is 0 Å². The van der Waals surface area contributed by atoms with Crippen LogP contribution < -0.4 is 0 Å². The Balaban J connectivity index is 1.72. The van der Waals surface area contributed by atoms with Crippen LogP contribution in [-0.2, 0) is 16.7 Å². The standard InChI is InChI=1S/C24H31N3O/c1-4-28-19-24(13-12-20-8-10-21(17-25)11-9-20)14-16-27(18-24)23(2,3)22-7-5-6-15-26-22/h5-11,15H,4,12-14,16,18-19H2,1-3H3/t24-/m1/s1. The van der Waals surface area contributed by atoms with Gasteiger partial charge in [-0.3, -0.25) is 9.88 Å². The zero-order valence-electron chi connectivity index (χ0n) is 17.3. The Labute approximate surface area is 169 Å². The Bertz CT molecular complexity index is 795.